The molecule has 0 bridgehead atoms. The average molecular weight is 398 g/mol. The van der Waals surface area contributed by atoms with Crippen LogP contribution in [0.15, 0.2) is 30.5 Å². The molecule has 0 atom stereocenters. The molecule has 0 spiro atoms. The van der Waals surface area contributed by atoms with E-state index in [-0.39, 0.29) is 22.7 Å². The van der Waals surface area contributed by atoms with Gasteiger partial charge in [-0.2, -0.15) is 0 Å². The number of amides is 1. The molecule has 0 fully saturated rings. The molecule has 1 amide bonds. The van der Waals surface area contributed by atoms with Gasteiger partial charge in [-0.25, -0.2) is 4.79 Å². The number of H-pyrrole nitrogens is 1. The Balaban J connectivity index is 2.27. The molecule has 7 heteroatoms. The van der Waals surface area contributed by atoms with E-state index in [2.05, 4.69) is 10.3 Å². The number of aromatic amines is 1. The second-order valence-electron chi connectivity index (χ2n) is 4.31. The van der Waals surface area contributed by atoms with Gasteiger partial charge in [0.2, 0.25) is 0 Å². The Bertz CT molecular complexity index is 736. The van der Waals surface area contributed by atoms with E-state index in [9.17, 15) is 14.4 Å². The standard InChI is InChI=1S/C14H11IN2O4/c1-7(18)8-4-12(16-6-8)13(19)17-11-3-2-9(15)5-10(11)14(20)21/h2-6,16H,1H3,(H,17,19)(H,20,21). The van der Waals surface area contributed by atoms with Gasteiger partial charge in [0, 0.05) is 15.3 Å². The van der Waals surface area contributed by atoms with Gasteiger partial charge in [0.25, 0.3) is 5.91 Å². The second-order valence-corrected chi connectivity index (χ2v) is 5.55. The van der Waals surface area contributed by atoms with Gasteiger partial charge in [0.1, 0.15) is 5.69 Å². The molecule has 0 saturated heterocycles. The van der Waals surface area contributed by atoms with Crippen molar-refractivity contribution in [2.24, 2.45) is 0 Å². The van der Waals surface area contributed by atoms with Crippen LogP contribution >= 0.6 is 22.6 Å². The lowest BCUT2D eigenvalue weighted by atomic mass is 10.1. The van der Waals surface area contributed by atoms with E-state index in [4.69, 9.17) is 5.11 Å². The van der Waals surface area contributed by atoms with Gasteiger partial charge in [-0.3, -0.25) is 9.59 Å². The van der Waals surface area contributed by atoms with Crippen molar-refractivity contribution in [2.75, 3.05) is 5.32 Å². The summed E-state index contributed by atoms with van der Waals surface area (Å²) < 4.78 is 0.752. The number of carbonyl (C=O) groups is 3. The third kappa shape index (κ3) is 3.48. The molecule has 3 N–H and O–H groups in total. The molecule has 0 aliphatic carbocycles. The van der Waals surface area contributed by atoms with E-state index in [1.54, 1.807) is 6.07 Å². The number of nitrogens with one attached hydrogen (secondary N) is 2. The molecule has 0 unspecified atom stereocenters. The molecular weight excluding hydrogens is 387 g/mol. The molecular formula is C14H11IN2O4. The maximum absolute atomic E-state index is 12.1. The minimum Gasteiger partial charge on any atom is -0.478 e. The number of ketones is 1. The topological polar surface area (TPSA) is 99.3 Å². The summed E-state index contributed by atoms with van der Waals surface area (Å²) in [6.45, 7) is 1.40. The van der Waals surface area contributed by atoms with E-state index >= 15 is 0 Å². The Morgan fingerprint density at radius 1 is 1.24 bits per heavy atom. The van der Waals surface area contributed by atoms with Crippen molar-refractivity contribution >= 4 is 45.9 Å². The van der Waals surface area contributed by atoms with E-state index in [0.29, 0.717) is 5.56 Å². The van der Waals surface area contributed by atoms with Crippen molar-refractivity contribution in [1.82, 2.24) is 4.98 Å². The summed E-state index contributed by atoms with van der Waals surface area (Å²) in [5.41, 5.74) is 0.789. The van der Waals surface area contributed by atoms with Crippen LogP contribution in [0.5, 0.6) is 0 Å². The summed E-state index contributed by atoms with van der Waals surface area (Å²) in [6.07, 6.45) is 1.43. The number of hydrogen-bond acceptors (Lipinski definition) is 3. The van der Waals surface area contributed by atoms with Crippen molar-refractivity contribution in [3.63, 3.8) is 0 Å². The number of Topliss-reactive ketones (excluding diaryl/α,β-unsaturated/α-hetero) is 1. The Morgan fingerprint density at radius 2 is 1.95 bits per heavy atom. The van der Waals surface area contributed by atoms with Gasteiger partial charge in [-0.1, -0.05) is 0 Å². The molecule has 0 aliphatic heterocycles. The number of aromatic carboxylic acids is 1. The Kier molecular flexibility index (Phi) is 4.41. The van der Waals surface area contributed by atoms with Gasteiger partial charge in [0.05, 0.1) is 11.3 Å². The van der Waals surface area contributed by atoms with Crippen LogP contribution in [-0.4, -0.2) is 27.8 Å². The van der Waals surface area contributed by atoms with Crippen molar-refractivity contribution in [1.29, 1.82) is 0 Å². The maximum Gasteiger partial charge on any atom is 0.337 e. The third-order valence-corrected chi connectivity index (χ3v) is 3.47. The lowest BCUT2D eigenvalue weighted by Gasteiger charge is -2.08. The van der Waals surface area contributed by atoms with Gasteiger partial charge >= 0.3 is 5.97 Å². The van der Waals surface area contributed by atoms with Crippen LogP contribution in [0.4, 0.5) is 5.69 Å². The van der Waals surface area contributed by atoms with Crippen LogP contribution in [0.2, 0.25) is 0 Å². The van der Waals surface area contributed by atoms with E-state index < -0.39 is 11.9 Å². The highest BCUT2D eigenvalue weighted by Gasteiger charge is 2.15. The fraction of sp³-hybridized carbons (Fsp3) is 0.0714. The summed E-state index contributed by atoms with van der Waals surface area (Å²) in [5.74, 6) is -1.79. The molecule has 2 aromatic rings. The SMILES string of the molecule is CC(=O)c1c[nH]c(C(=O)Nc2ccc(I)cc2C(=O)O)c1. The minimum absolute atomic E-state index is 0.00796. The highest BCUT2D eigenvalue weighted by Crippen LogP contribution is 2.20. The van der Waals surface area contributed by atoms with E-state index in [1.807, 2.05) is 22.6 Å². The lowest BCUT2D eigenvalue weighted by molar-refractivity contribution is 0.0697. The summed E-state index contributed by atoms with van der Waals surface area (Å²) in [4.78, 5) is 37.1. The fourth-order valence-electron chi connectivity index (χ4n) is 1.72. The molecule has 2 rings (SSSR count). The van der Waals surface area contributed by atoms with Crippen molar-refractivity contribution in [3.05, 3.63) is 50.9 Å². The maximum atomic E-state index is 12.1. The number of carbonyl (C=O) groups excluding carboxylic acids is 2. The van der Waals surface area contributed by atoms with Crippen molar-refractivity contribution in [3.8, 4) is 0 Å². The quantitative estimate of drug-likeness (QED) is 0.545. The van der Waals surface area contributed by atoms with Gasteiger partial charge in [0.15, 0.2) is 5.78 Å². The first-order chi connectivity index (χ1) is 9.88. The first-order valence-electron chi connectivity index (χ1n) is 5.92. The third-order valence-electron chi connectivity index (χ3n) is 2.79. The van der Waals surface area contributed by atoms with Gasteiger partial charge < -0.3 is 15.4 Å². The average Bonchev–Trinajstić information content (AvgIpc) is 2.90. The smallest absolute Gasteiger partial charge is 0.337 e. The fourth-order valence-corrected chi connectivity index (χ4v) is 2.21. The first kappa shape index (κ1) is 15.2. The van der Waals surface area contributed by atoms with Gasteiger partial charge in [-0.15, -0.1) is 0 Å². The largest absolute Gasteiger partial charge is 0.478 e. The number of halogens is 1. The zero-order valence-corrected chi connectivity index (χ0v) is 13.1. The zero-order chi connectivity index (χ0) is 15.6. The summed E-state index contributed by atoms with van der Waals surface area (Å²) in [7, 11) is 0. The monoisotopic (exact) mass is 398 g/mol. The Hall–Kier alpha value is -2.16. The minimum atomic E-state index is -1.13. The number of hydrogen-bond donors (Lipinski definition) is 3. The number of anilines is 1. The molecule has 0 saturated carbocycles. The normalized spacial score (nSPS) is 10.2. The highest BCUT2D eigenvalue weighted by molar-refractivity contribution is 14.1. The second kappa shape index (κ2) is 6.08. The predicted octanol–water partition coefficient (Wildman–Crippen LogP) is 2.77. The molecule has 6 nitrogen and oxygen atoms in total. The number of carboxylic acid groups (broad SMARTS) is 1. The van der Waals surface area contributed by atoms with Crippen molar-refractivity contribution in [2.45, 2.75) is 6.92 Å². The number of benzene rings is 1. The molecule has 108 valence electrons. The number of rotatable bonds is 4. The van der Waals surface area contributed by atoms with Crippen LogP contribution in [0.1, 0.15) is 38.1 Å². The number of carboxylic acids is 1. The summed E-state index contributed by atoms with van der Waals surface area (Å²) in [5, 5.41) is 11.7. The zero-order valence-electron chi connectivity index (χ0n) is 10.9. The van der Waals surface area contributed by atoms with Crippen LogP contribution in [0.3, 0.4) is 0 Å². The van der Waals surface area contributed by atoms with Crippen molar-refractivity contribution < 1.29 is 19.5 Å². The van der Waals surface area contributed by atoms with E-state index in [1.165, 1.54) is 31.3 Å². The Morgan fingerprint density at radius 3 is 2.52 bits per heavy atom. The van der Waals surface area contributed by atoms with Gasteiger partial charge in [-0.05, 0) is 53.8 Å². The Labute approximate surface area is 133 Å². The van der Waals surface area contributed by atoms with E-state index in [0.717, 1.165) is 3.57 Å². The predicted molar refractivity (Wildman–Crippen MR) is 84.9 cm³/mol. The highest BCUT2D eigenvalue weighted by atomic mass is 127. The first-order valence-corrected chi connectivity index (χ1v) is 7.00. The summed E-state index contributed by atoms with van der Waals surface area (Å²) in [6, 6.07) is 6.11. The lowest BCUT2D eigenvalue weighted by Crippen LogP contribution is -2.15. The van der Waals surface area contributed by atoms with Crippen LogP contribution in [0.25, 0.3) is 0 Å². The van der Waals surface area contributed by atoms with Crippen LogP contribution in [0, 0.1) is 3.57 Å². The molecule has 0 aliphatic rings. The molecule has 21 heavy (non-hydrogen) atoms. The molecule has 1 aromatic heterocycles. The van der Waals surface area contributed by atoms with Crippen LogP contribution < -0.4 is 5.32 Å². The molecule has 1 heterocycles. The number of aromatic nitrogens is 1. The summed E-state index contributed by atoms with van der Waals surface area (Å²) >= 11 is 1.99. The molecule has 0 radical (unpaired) electrons. The van der Waals surface area contributed by atoms with Crippen LogP contribution in [-0.2, 0) is 0 Å². The molecule has 1 aromatic carbocycles.